The Hall–Kier alpha value is -0.120. The van der Waals surface area contributed by atoms with Crippen molar-refractivity contribution in [2.24, 2.45) is 0 Å². The number of likely N-dealkylation sites (N-methyl/N-ethyl adjacent to an activating group) is 1. The largest absolute Gasteiger partial charge is 0.302 e. The van der Waals surface area contributed by atoms with Crippen LogP contribution in [-0.2, 0) is 0 Å². The van der Waals surface area contributed by atoms with Crippen LogP contribution in [0.4, 0.5) is 0 Å². The molecule has 0 unspecified atom stereocenters. The predicted molar refractivity (Wildman–Crippen MR) is 96.2 cm³/mol. The van der Waals surface area contributed by atoms with Gasteiger partial charge in [-0.25, -0.2) is 0 Å². The number of rotatable bonds is 5. The van der Waals surface area contributed by atoms with E-state index in [1.807, 2.05) is 0 Å². The van der Waals surface area contributed by atoms with Crippen molar-refractivity contribution in [2.75, 3.05) is 58.9 Å². The van der Waals surface area contributed by atoms with Gasteiger partial charge in [0.1, 0.15) is 0 Å². The van der Waals surface area contributed by atoms with Crippen LogP contribution in [0.1, 0.15) is 60.3 Å². The molecular weight excluding hydrogens is 258 g/mol. The summed E-state index contributed by atoms with van der Waals surface area (Å²) >= 11 is 0. The lowest BCUT2D eigenvalue weighted by molar-refractivity contribution is 0.153. The Kier molecular flexibility index (Phi) is 14.7. The second-order valence-electron chi connectivity index (χ2n) is 6.18. The van der Waals surface area contributed by atoms with Crippen molar-refractivity contribution in [1.82, 2.24) is 14.7 Å². The lowest BCUT2D eigenvalue weighted by Gasteiger charge is -2.32. The molecule has 1 fully saturated rings. The van der Waals surface area contributed by atoms with Crippen molar-refractivity contribution in [3.63, 3.8) is 0 Å². The molecule has 1 aliphatic rings. The molecule has 128 valence electrons. The summed E-state index contributed by atoms with van der Waals surface area (Å²) < 4.78 is 0. The molecule has 1 aliphatic heterocycles. The summed E-state index contributed by atoms with van der Waals surface area (Å²) in [7, 11) is 0. The average molecular weight is 300 g/mol. The monoisotopic (exact) mass is 299 g/mol. The minimum absolute atomic E-state index is 1.19. The van der Waals surface area contributed by atoms with Gasteiger partial charge in [-0.15, -0.1) is 0 Å². The summed E-state index contributed by atoms with van der Waals surface area (Å²) in [5.74, 6) is 0. The van der Waals surface area contributed by atoms with Gasteiger partial charge in [-0.05, 0) is 52.0 Å². The highest BCUT2D eigenvalue weighted by atomic mass is 15.2. The van der Waals surface area contributed by atoms with Crippen molar-refractivity contribution in [3.05, 3.63) is 0 Å². The molecule has 0 aromatic heterocycles. The zero-order valence-electron chi connectivity index (χ0n) is 15.5. The summed E-state index contributed by atoms with van der Waals surface area (Å²) in [5, 5.41) is 0. The van der Waals surface area contributed by atoms with E-state index in [4.69, 9.17) is 0 Å². The first-order valence-corrected chi connectivity index (χ1v) is 9.38. The molecular formula is C18H41N3. The van der Waals surface area contributed by atoms with Gasteiger partial charge in [0.15, 0.2) is 0 Å². The maximum Gasteiger partial charge on any atom is 0.0110 e. The molecule has 3 heteroatoms. The van der Waals surface area contributed by atoms with Gasteiger partial charge in [0.25, 0.3) is 0 Å². The molecule has 0 saturated carbocycles. The third kappa shape index (κ3) is 11.1. The minimum atomic E-state index is 1.19. The highest BCUT2D eigenvalue weighted by Gasteiger charge is 2.12. The molecule has 21 heavy (non-hydrogen) atoms. The fraction of sp³-hybridized carbons (Fsp3) is 1.00. The maximum absolute atomic E-state index is 2.65. The van der Waals surface area contributed by atoms with Crippen LogP contribution >= 0.6 is 0 Å². The number of hydrogen-bond donors (Lipinski definition) is 0. The Labute approximate surface area is 134 Å². The van der Waals surface area contributed by atoms with E-state index in [1.165, 1.54) is 84.6 Å². The molecule has 1 rings (SSSR count). The lowest BCUT2D eigenvalue weighted by atomic mass is 10.2. The average Bonchev–Trinajstić information content (AvgIpc) is 2.48. The van der Waals surface area contributed by atoms with E-state index in [1.54, 1.807) is 0 Å². The van der Waals surface area contributed by atoms with Crippen LogP contribution in [0.2, 0.25) is 0 Å². The van der Waals surface area contributed by atoms with E-state index in [2.05, 4.69) is 49.3 Å². The van der Waals surface area contributed by atoms with E-state index in [0.717, 1.165) is 0 Å². The first-order chi connectivity index (χ1) is 10.2. The third-order valence-electron chi connectivity index (χ3n) is 3.94. The van der Waals surface area contributed by atoms with Gasteiger partial charge in [-0.3, -0.25) is 0 Å². The molecule has 1 saturated heterocycles. The standard InChI is InChI=1S/C15H33N3.C3H8/c1-4-8-17-10-7-11-18(9-5-2)15-13-16(6-3)12-14-17;1-3-2/h4-15H2,1-3H3;3H2,1-2H3. The normalized spacial score (nSPS) is 19.9. The van der Waals surface area contributed by atoms with Gasteiger partial charge >= 0.3 is 0 Å². The molecule has 0 N–H and O–H groups in total. The molecule has 0 spiro atoms. The van der Waals surface area contributed by atoms with Gasteiger partial charge in [0, 0.05) is 26.2 Å². The SMILES string of the molecule is CCC.CCCN1CCCN(CCC)CCN(CC)CC1. The summed E-state index contributed by atoms with van der Waals surface area (Å²) in [4.78, 5) is 7.91. The van der Waals surface area contributed by atoms with Gasteiger partial charge in [0.05, 0.1) is 0 Å². The van der Waals surface area contributed by atoms with Gasteiger partial charge in [-0.2, -0.15) is 0 Å². The smallest absolute Gasteiger partial charge is 0.0110 e. The first kappa shape index (κ1) is 20.9. The van der Waals surface area contributed by atoms with Crippen LogP contribution in [0, 0.1) is 0 Å². The predicted octanol–water partition coefficient (Wildman–Crippen LogP) is 3.55. The quantitative estimate of drug-likeness (QED) is 0.768. The van der Waals surface area contributed by atoms with Crippen LogP contribution in [0.5, 0.6) is 0 Å². The topological polar surface area (TPSA) is 9.72 Å². The van der Waals surface area contributed by atoms with E-state index in [-0.39, 0.29) is 0 Å². The van der Waals surface area contributed by atoms with Gasteiger partial charge in [-0.1, -0.05) is 41.0 Å². The highest BCUT2D eigenvalue weighted by molar-refractivity contribution is 4.69. The molecule has 0 radical (unpaired) electrons. The zero-order chi connectivity index (χ0) is 15.9. The molecule has 3 nitrogen and oxygen atoms in total. The van der Waals surface area contributed by atoms with Crippen molar-refractivity contribution in [1.29, 1.82) is 0 Å². The summed E-state index contributed by atoms with van der Waals surface area (Å²) in [5.41, 5.74) is 0. The summed E-state index contributed by atoms with van der Waals surface area (Å²) in [6.07, 6.45) is 5.15. The van der Waals surface area contributed by atoms with E-state index < -0.39 is 0 Å². The number of nitrogens with zero attached hydrogens (tertiary/aromatic N) is 3. The summed E-state index contributed by atoms with van der Waals surface area (Å²) in [6, 6.07) is 0. The van der Waals surface area contributed by atoms with Gasteiger partial charge < -0.3 is 14.7 Å². The van der Waals surface area contributed by atoms with E-state index in [0.29, 0.717) is 0 Å². The molecule has 0 aliphatic carbocycles. The van der Waals surface area contributed by atoms with Crippen LogP contribution in [-0.4, -0.2) is 73.6 Å². The molecule has 0 aromatic carbocycles. The van der Waals surface area contributed by atoms with E-state index in [9.17, 15) is 0 Å². The molecule has 0 bridgehead atoms. The second kappa shape index (κ2) is 14.8. The summed E-state index contributed by atoms with van der Waals surface area (Å²) in [6.45, 7) is 22.4. The maximum atomic E-state index is 2.65. The Morgan fingerprint density at radius 3 is 1.29 bits per heavy atom. The molecule has 0 atom stereocenters. The van der Waals surface area contributed by atoms with Crippen LogP contribution in [0.15, 0.2) is 0 Å². The Morgan fingerprint density at radius 2 is 0.952 bits per heavy atom. The van der Waals surface area contributed by atoms with Crippen molar-refractivity contribution >= 4 is 0 Å². The Balaban J connectivity index is 0.00000122. The van der Waals surface area contributed by atoms with Crippen LogP contribution in [0.3, 0.4) is 0 Å². The Bertz CT molecular complexity index is 191. The minimum Gasteiger partial charge on any atom is -0.302 e. The Morgan fingerprint density at radius 1 is 0.571 bits per heavy atom. The highest BCUT2D eigenvalue weighted by Crippen LogP contribution is 2.03. The van der Waals surface area contributed by atoms with Crippen LogP contribution < -0.4 is 0 Å². The molecule has 0 amide bonds. The zero-order valence-corrected chi connectivity index (χ0v) is 15.5. The third-order valence-corrected chi connectivity index (χ3v) is 3.94. The second-order valence-corrected chi connectivity index (χ2v) is 6.18. The van der Waals surface area contributed by atoms with Crippen molar-refractivity contribution in [2.45, 2.75) is 60.3 Å². The molecule has 1 heterocycles. The number of hydrogen-bond acceptors (Lipinski definition) is 3. The first-order valence-electron chi connectivity index (χ1n) is 9.38. The van der Waals surface area contributed by atoms with Crippen molar-refractivity contribution < 1.29 is 0 Å². The lowest BCUT2D eigenvalue weighted by Crippen LogP contribution is -2.43. The van der Waals surface area contributed by atoms with E-state index >= 15 is 0 Å². The van der Waals surface area contributed by atoms with Gasteiger partial charge in [0.2, 0.25) is 0 Å². The fourth-order valence-corrected chi connectivity index (χ4v) is 2.81. The van der Waals surface area contributed by atoms with Crippen LogP contribution in [0.25, 0.3) is 0 Å². The fourth-order valence-electron chi connectivity index (χ4n) is 2.81. The van der Waals surface area contributed by atoms with Crippen molar-refractivity contribution in [3.8, 4) is 0 Å². The molecule has 0 aromatic rings.